The Kier molecular flexibility index (Phi) is 5.17. The number of halogens is 1. The number of nitrogens with one attached hydrogen (secondary N) is 2. The van der Waals surface area contributed by atoms with Crippen molar-refractivity contribution in [2.75, 3.05) is 5.43 Å². The van der Waals surface area contributed by atoms with Gasteiger partial charge in [0.05, 0.1) is 6.21 Å². The Hall–Kier alpha value is -2.88. The number of hydrazone groups is 1. The molecule has 2 aromatic heterocycles. The minimum Gasteiger partial charge on any atom is -0.508 e. The molecule has 0 aliphatic heterocycles. The largest absolute Gasteiger partial charge is 0.508 e. The Balaban J connectivity index is 2.04. The van der Waals surface area contributed by atoms with Crippen LogP contribution in [0.15, 0.2) is 37.4 Å². The lowest BCUT2D eigenvalue weighted by Crippen LogP contribution is -2.29. The van der Waals surface area contributed by atoms with Crippen molar-refractivity contribution in [3.05, 3.63) is 49.1 Å². The molecule has 0 amide bonds. The second kappa shape index (κ2) is 7.39. The number of hydrogen-bond acceptors (Lipinski definition) is 6. The third-order valence-corrected chi connectivity index (χ3v) is 4.30. The van der Waals surface area contributed by atoms with Gasteiger partial charge in [0.1, 0.15) is 5.75 Å². The van der Waals surface area contributed by atoms with Crippen LogP contribution in [0.4, 0.5) is 5.95 Å². The van der Waals surface area contributed by atoms with Crippen LogP contribution in [-0.4, -0.2) is 30.4 Å². The van der Waals surface area contributed by atoms with E-state index in [1.54, 1.807) is 29.8 Å². The van der Waals surface area contributed by atoms with Crippen molar-refractivity contribution in [1.82, 2.24) is 19.1 Å². The van der Waals surface area contributed by atoms with Crippen LogP contribution in [-0.2, 0) is 13.6 Å². The van der Waals surface area contributed by atoms with Crippen LogP contribution < -0.4 is 16.7 Å². The summed E-state index contributed by atoms with van der Waals surface area (Å²) in [6.45, 7) is 4.55. The fourth-order valence-corrected chi connectivity index (χ4v) is 3.20. The topological polar surface area (TPSA) is 117 Å². The molecular weight excluding hydrogens is 416 g/mol. The first-order chi connectivity index (χ1) is 12.8. The van der Waals surface area contributed by atoms with E-state index in [0.717, 1.165) is 4.47 Å². The lowest BCUT2D eigenvalue weighted by atomic mass is 10.2. The van der Waals surface area contributed by atoms with E-state index in [4.69, 9.17) is 0 Å². The molecule has 0 spiro atoms. The number of aromatic nitrogens is 4. The molecule has 0 bridgehead atoms. The molecule has 3 aromatic rings. The number of benzene rings is 1. The monoisotopic (exact) mass is 434 g/mol. The van der Waals surface area contributed by atoms with Gasteiger partial charge in [0.15, 0.2) is 11.2 Å². The number of anilines is 1. The number of phenolic OH excluding ortho intramolecular Hbond substituents is 1. The Morgan fingerprint density at radius 1 is 1.37 bits per heavy atom. The average Bonchev–Trinajstić information content (AvgIpc) is 2.90. The number of aromatic hydroxyl groups is 1. The number of aromatic amines is 1. The van der Waals surface area contributed by atoms with Gasteiger partial charge in [0, 0.05) is 18.1 Å². The van der Waals surface area contributed by atoms with Gasteiger partial charge in [0.2, 0.25) is 5.95 Å². The van der Waals surface area contributed by atoms with Gasteiger partial charge >= 0.3 is 5.69 Å². The summed E-state index contributed by atoms with van der Waals surface area (Å²) in [5, 5.41) is 13.8. The van der Waals surface area contributed by atoms with E-state index < -0.39 is 11.2 Å². The zero-order valence-corrected chi connectivity index (χ0v) is 16.6. The number of imidazole rings is 1. The number of hydrogen-bond donors (Lipinski definition) is 3. The van der Waals surface area contributed by atoms with Gasteiger partial charge in [-0.1, -0.05) is 29.8 Å². The van der Waals surface area contributed by atoms with E-state index in [1.807, 2.05) is 13.8 Å². The second-order valence-corrected chi connectivity index (χ2v) is 7.46. The predicted molar refractivity (Wildman–Crippen MR) is 107 cm³/mol. The summed E-state index contributed by atoms with van der Waals surface area (Å²) >= 11 is 3.31. The quantitative estimate of drug-likeness (QED) is 0.419. The maximum atomic E-state index is 12.3. The number of nitrogens with zero attached hydrogens (tertiary/aromatic N) is 4. The van der Waals surface area contributed by atoms with Crippen LogP contribution in [0, 0.1) is 5.92 Å². The SMILES string of the molecule is CC(C)Cn1c(N/N=C/c2cc(O)cc(Br)c2)nc2c1c(=O)[nH]c(=O)n2C. The summed E-state index contributed by atoms with van der Waals surface area (Å²) in [5.41, 5.74) is 3.07. The Bertz CT molecular complexity index is 1120. The summed E-state index contributed by atoms with van der Waals surface area (Å²) in [5.74, 6) is 0.700. The summed E-state index contributed by atoms with van der Waals surface area (Å²) in [6.07, 6.45) is 1.52. The summed E-state index contributed by atoms with van der Waals surface area (Å²) in [7, 11) is 1.55. The van der Waals surface area contributed by atoms with E-state index in [0.29, 0.717) is 23.6 Å². The van der Waals surface area contributed by atoms with Gasteiger partial charge in [-0.25, -0.2) is 10.2 Å². The molecule has 1 aromatic carbocycles. The molecule has 2 heterocycles. The molecule has 0 fully saturated rings. The maximum absolute atomic E-state index is 12.3. The molecule has 0 aliphatic carbocycles. The molecule has 0 unspecified atom stereocenters. The molecule has 10 heteroatoms. The van der Waals surface area contributed by atoms with Gasteiger partial charge in [-0.05, 0) is 29.7 Å². The third-order valence-electron chi connectivity index (χ3n) is 3.84. The van der Waals surface area contributed by atoms with Gasteiger partial charge in [-0.3, -0.25) is 14.3 Å². The number of aryl methyl sites for hydroxylation is 1. The van der Waals surface area contributed by atoms with Crippen molar-refractivity contribution < 1.29 is 5.11 Å². The fraction of sp³-hybridized carbons (Fsp3) is 0.294. The lowest BCUT2D eigenvalue weighted by molar-refractivity contribution is 0.475. The van der Waals surface area contributed by atoms with Crippen LogP contribution in [0.25, 0.3) is 11.2 Å². The highest BCUT2D eigenvalue weighted by Gasteiger charge is 2.17. The first-order valence-electron chi connectivity index (χ1n) is 8.24. The second-order valence-electron chi connectivity index (χ2n) is 6.54. The lowest BCUT2D eigenvalue weighted by Gasteiger charge is -2.10. The standard InChI is InChI=1S/C17H19BrN6O3/c1-9(2)8-24-13-14(23(3)17(27)21-15(13)26)20-16(24)22-19-7-10-4-11(18)6-12(25)5-10/h4-7,9,25H,8H2,1-3H3,(H,20,22)(H,21,26,27)/b19-7+. The molecule has 0 radical (unpaired) electrons. The van der Waals surface area contributed by atoms with E-state index >= 15 is 0 Å². The number of H-pyrrole nitrogens is 1. The highest BCUT2D eigenvalue weighted by atomic mass is 79.9. The summed E-state index contributed by atoms with van der Waals surface area (Å²) < 4.78 is 3.71. The van der Waals surface area contributed by atoms with Crippen LogP contribution in [0.3, 0.4) is 0 Å². The van der Waals surface area contributed by atoms with Crippen molar-refractivity contribution in [2.45, 2.75) is 20.4 Å². The van der Waals surface area contributed by atoms with Crippen LogP contribution in [0.5, 0.6) is 5.75 Å². The molecule has 0 saturated heterocycles. The number of fused-ring (bicyclic) bond motifs is 1. The highest BCUT2D eigenvalue weighted by molar-refractivity contribution is 9.10. The molecule has 27 heavy (non-hydrogen) atoms. The molecule has 0 saturated carbocycles. The average molecular weight is 435 g/mol. The molecule has 9 nitrogen and oxygen atoms in total. The first-order valence-corrected chi connectivity index (χ1v) is 9.03. The number of rotatable bonds is 5. The van der Waals surface area contributed by atoms with Gasteiger partial charge in [-0.15, -0.1) is 0 Å². The first kappa shape index (κ1) is 18.9. The molecule has 0 aliphatic rings. The van der Waals surface area contributed by atoms with Crippen molar-refractivity contribution in [3.63, 3.8) is 0 Å². The van der Waals surface area contributed by atoms with Crippen molar-refractivity contribution in [2.24, 2.45) is 18.1 Å². The zero-order chi connectivity index (χ0) is 19.7. The molecule has 3 N–H and O–H groups in total. The minimum absolute atomic E-state index is 0.111. The normalized spacial score (nSPS) is 11.7. The maximum Gasteiger partial charge on any atom is 0.329 e. The van der Waals surface area contributed by atoms with Crippen LogP contribution in [0.2, 0.25) is 0 Å². The third kappa shape index (κ3) is 3.95. The molecule has 0 atom stereocenters. The fourth-order valence-electron chi connectivity index (χ4n) is 2.70. The smallest absolute Gasteiger partial charge is 0.329 e. The minimum atomic E-state index is -0.527. The summed E-state index contributed by atoms with van der Waals surface area (Å²) in [4.78, 5) is 30.8. The van der Waals surface area contributed by atoms with Gasteiger partial charge in [0.25, 0.3) is 5.56 Å². The van der Waals surface area contributed by atoms with Gasteiger partial charge < -0.3 is 9.67 Å². The Morgan fingerprint density at radius 3 is 2.78 bits per heavy atom. The van der Waals surface area contributed by atoms with E-state index in [9.17, 15) is 14.7 Å². The van der Waals surface area contributed by atoms with Crippen LogP contribution >= 0.6 is 15.9 Å². The summed E-state index contributed by atoms with van der Waals surface area (Å²) in [6, 6.07) is 4.91. The molecular formula is C17H19BrN6O3. The Labute approximate surface area is 162 Å². The molecule has 142 valence electrons. The highest BCUT2D eigenvalue weighted by Crippen LogP contribution is 2.20. The van der Waals surface area contributed by atoms with Crippen molar-refractivity contribution in [1.29, 1.82) is 0 Å². The van der Waals surface area contributed by atoms with E-state index in [1.165, 1.54) is 10.8 Å². The van der Waals surface area contributed by atoms with Gasteiger partial charge in [-0.2, -0.15) is 10.1 Å². The zero-order valence-electron chi connectivity index (χ0n) is 15.0. The Morgan fingerprint density at radius 2 is 2.11 bits per heavy atom. The molecule has 3 rings (SSSR count). The number of phenols is 1. The van der Waals surface area contributed by atoms with E-state index in [-0.39, 0.29) is 17.3 Å². The van der Waals surface area contributed by atoms with E-state index in [2.05, 4.69) is 36.4 Å². The van der Waals surface area contributed by atoms with Crippen molar-refractivity contribution in [3.8, 4) is 5.75 Å². The van der Waals surface area contributed by atoms with Crippen LogP contribution in [0.1, 0.15) is 19.4 Å². The van der Waals surface area contributed by atoms with Crippen molar-refractivity contribution >= 4 is 39.3 Å². The predicted octanol–water partition coefficient (Wildman–Crippen LogP) is 1.99.